The summed E-state index contributed by atoms with van der Waals surface area (Å²) in [5.74, 6) is -0.611. The first-order valence-electron chi connectivity index (χ1n) is 15.6. The Morgan fingerprint density at radius 2 is 1.80 bits per heavy atom. The zero-order chi connectivity index (χ0) is 31.6. The van der Waals surface area contributed by atoms with Crippen LogP contribution in [0.15, 0.2) is 47.3 Å². The summed E-state index contributed by atoms with van der Waals surface area (Å²) in [6, 6.07) is 11.9. The summed E-state index contributed by atoms with van der Waals surface area (Å²) in [4.78, 5) is 48.6. The number of H-pyrrole nitrogens is 1. The molecule has 0 spiro atoms. The molecule has 2 amide bonds. The number of halogens is 1. The Labute approximate surface area is 258 Å². The molecule has 3 N–H and O–H groups in total. The first-order chi connectivity index (χ1) is 20.9. The number of piperidine rings is 1. The number of nitrogens with zero attached hydrogens (tertiary/aromatic N) is 4. The maximum Gasteiger partial charge on any atom is 0.326 e. The summed E-state index contributed by atoms with van der Waals surface area (Å²) < 4.78 is 16.9. The van der Waals surface area contributed by atoms with Crippen LogP contribution in [0.1, 0.15) is 64.2 Å². The molecule has 44 heavy (non-hydrogen) atoms. The van der Waals surface area contributed by atoms with Gasteiger partial charge in [-0.15, -0.1) is 0 Å². The minimum atomic E-state index is -0.709. The number of anilines is 1. The quantitative estimate of drug-likeness (QED) is 0.323. The molecule has 3 heterocycles. The fourth-order valence-corrected chi connectivity index (χ4v) is 6.25. The van der Waals surface area contributed by atoms with Crippen molar-refractivity contribution < 1.29 is 14.0 Å². The average Bonchev–Trinajstić information content (AvgIpc) is 3.47. The van der Waals surface area contributed by atoms with E-state index in [-0.39, 0.29) is 41.2 Å². The van der Waals surface area contributed by atoms with E-state index in [9.17, 15) is 14.4 Å². The second-order valence-electron chi connectivity index (χ2n) is 13.5. The highest BCUT2D eigenvalue weighted by molar-refractivity contribution is 5.90. The van der Waals surface area contributed by atoms with Gasteiger partial charge in [0.1, 0.15) is 12.0 Å². The van der Waals surface area contributed by atoms with Crippen molar-refractivity contribution in [1.82, 2.24) is 29.6 Å². The van der Waals surface area contributed by atoms with Gasteiger partial charge in [-0.3, -0.25) is 19.5 Å². The van der Waals surface area contributed by atoms with Crippen LogP contribution in [0.25, 0.3) is 11.0 Å². The highest BCUT2D eigenvalue weighted by atomic mass is 19.1. The minimum absolute atomic E-state index is 0.00222. The summed E-state index contributed by atoms with van der Waals surface area (Å²) in [5, 5.41) is 6.64. The molecule has 0 aliphatic carbocycles. The number of hydrogen-bond acceptors (Lipinski definition) is 6. The molecule has 0 saturated carbocycles. The van der Waals surface area contributed by atoms with Crippen molar-refractivity contribution in [2.24, 2.45) is 5.41 Å². The van der Waals surface area contributed by atoms with E-state index in [2.05, 4.69) is 36.4 Å². The number of aromatic amines is 1. The number of rotatable bonds is 10. The number of fused-ring (bicyclic) bond motifs is 1. The monoisotopic (exact) mass is 607 g/mol. The number of nitrogens with one attached hydrogen (secondary N) is 3. The molecular weight excluding hydrogens is 561 g/mol. The normalized spacial score (nSPS) is 19.8. The van der Waals surface area contributed by atoms with Gasteiger partial charge in [0.25, 0.3) is 0 Å². The average molecular weight is 608 g/mol. The highest BCUT2D eigenvalue weighted by Crippen LogP contribution is 2.35. The minimum Gasteiger partial charge on any atom is -0.381 e. The van der Waals surface area contributed by atoms with Crippen LogP contribution < -0.4 is 16.3 Å². The molecule has 2 atom stereocenters. The van der Waals surface area contributed by atoms with Crippen molar-refractivity contribution in [3.8, 4) is 0 Å². The van der Waals surface area contributed by atoms with Crippen molar-refractivity contribution in [3.05, 3.63) is 64.3 Å². The van der Waals surface area contributed by atoms with Gasteiger partial charge in [0.2, 0.25) is 11.8 Å². The van der Waals surface area contributed by atoms with Crippen LogP contribution in [0.3, 0.4) is 0 Å². The maximum atomic E-state index is 15.1. The van der Waals surface area contributed by atoms with Gasteiger partial charge in [0.05, 0.1) is 29.2 Å². The molecule has 0 bridgehead atoms. The Kier molecular flexibility index (Phi) is 9.45. The number of para-hydroxylation sites is 3. The molecule has 2 aromatic carbocycles. The largest absolute Gasteiger partial charge is 0.381 e. The summed E-state index contributed by atoms with van der Waals surface area (Å²) in [6.45, 7) is 9.16. The second kappa shape index (κ2) is 13.1. The number of imidazole rings is 1. The number of aromatic nitrogens is 2. The van der Waals surface area contributed by atoms with Gasteiger partial charge >= 0.3 is 5.69 Å². The van der Waals surface area contributed by atoms with Crippen LogP contribution in [0, 0.1) is 11.2 Å². The third-order valence-corrected chi connectivity index (χ3v) is 8.74. The number of amides is 2. The Morgan fingerprint density at radius 1 is 1.07 bits per heavy atom. The van der Waals surface area contributed by atoms with E-state index < -0.39 is 12.2 Å². The van der Waals surface area contributed by atoms with E-state index in [0.29, 0.717) is 50.3 Å². The molecule has 5 rings (SSSR count). The van der Waals surface area contributed by atoms with Crippen LogP contribution in [0.4, 0.5) is 10.1 Å². The molecule has 2 aliphatic rings. The van der Waals surface area contributed by atoms with Gasteiger partial charge in [0.15, 0.2) is 0 Å². The predicted molar refractivity (Wildman–Crippen MR) is 171 cm³/mol. The zero-order valence-corrected chi connectivity index (χ0v) is 26.5. The van der Waals surface area contributed by atoms with Crippen LogP contribution in [0.5, 0.6) is 0 Å². The third kappa shape index (κ3) is 6.99. The van der Waals surface area contributed by atoms with E-state index in [0.717, 1.165) is 24.0 Å². The molecular formula is C33H46FN7O3. The van der Waals surface area contributed by atoms with Crippen LogP contribution in [0.2, 0.25) is 0 Å². The van der Waals surface area contributed by atoms with Gasteiger partial charge < -0.3 is 25.0 Å². The Bertz CT molecular complexity index is 1530. The van der Waals surface area contributed by atoms with Crippen molar-refractivity contribution in [2.75, 3.05) is 52.1 Å². The van der Waals surface area contributed by atoms with Crippen molar-refractivity contribution in [1.29, 1.82) is 0 Å². The fraction of sp³-hybridized carbons (Fsp3) is 0.545. The number of hydrogen-bond donors (Lipinski definition) is 3. The Balaban J connectivity index is 1.29. The van der Waals surface area contributed by atoms with E-state index in [4.69, 9.17) is 0 Å². The molecule has 0 radical (unpaired) electrons. The first-order valence-corrected chi connectivity index (χ1v) is 15.6. The van der Waals surface area contributed by atoms with Crippen LogP contribution >= 0.6 is 0 Å². The lowest BCUT2D eigenvalue weighted by Gasteiger charge is -2.33. The number of likely N-dealkylation sites (N-methyl/N-ethyl adjacent to an activating group) is 1. The zero-order valence-electron chi connectivity index (χ0n) is 26.5. The third-order valence-electron chi connectivity index (χ3n) is 8.74. The summed E-state index contributed by atoms with van der Waals surface area (Å²) in [7, 11) is 3.92. The topological polar surface area (TPSA) is 106 Å². The standard InChI is InChI=1S/C33H46FN7O3/c1-33(2,3)15-19-40-30(23-9-8-10-24(34)29(23)35-16-20-38(4)5)36-26(31(40)43)21-28(42)39-17-13-22(14-18-39)41-27-12-7-6-11-25(27)37-32(41)44/h6-12,22,26,30,35-36H,13-21H2,1-5H3,(H,37,44)/t26-,30?/m0/s1. The summed E-state index contributed by atoms with van der Waals surface area (Å²) in [6.07, 6.45) is 1.55. The van der Waals surface area contributed by atoms with E-state index >= 15 is 4.39 Å². The second-order valence-corrected chi connectivity index (χ2v) is 13.5. The smallest absolute Gasteiger partial charge is 0.326 e. The summed E-state index contributed by atoms with van der Waals surface area (Å²) in [5.41, 5.74) is 2.57. The first kappa shape index (κ1) is 31.7. The SMILES string of the molecule is CN(C)CCNc1c(F)cccc1C1N[C@@H](CC(=O)N2CCC(n3c(=O)[nH]c4ccccc43)CC2)C(=O)N1CCC(C)(C)C. The van der Waals surface area contributed by atoms with Crippen LogP contribution in [-0.2, 0) is 9.59 Å². The Morgan fingerprint density at radius 3 is 2.50 bits per heavy atom. The molecule has 2 aliphatic heterocycles. The van der Waals surface area contributed by atoms with Gasteiger partial charge in [-0.05, 0) is 57.0 Å². The fourth-order valence-electron chi connectivity index (χ4n) is 6.25. The molecule has 11 heteroatoms. The predicted octanol–water partition coefficient (Wildman–Crippen LogP) is 3.93. The lowest BCUT2D eigenvalue weighted by Crippen LogP contribution is -2.43. The molecule has 1 aromatic heterocycles. The number of benzene rings is 2. The van der Waals surface area contributed by atoms with E-state index in [1.54, 1.807) is 20.4 Å². The van der Waals surface area contributed by atoms with Gasteiger partial charge in [-0.25, -0.2) is 9.18 Å². The van der Waals surface area contributed by atoms with Gasteiger partial charge in [-0.2, -0.15) is 0 Å². The molecule has 1 unspecified atom stereocenters. The van der Waals surface area contributed by atoms with E-state index in [1.165, 1.54) is 6.07 Å². The number of carbonyl (C=O) groups is 2. The Hall–Kier alpha value is -3.70. The lowest BCUT2D eigenvalue weighted by atomic mass is 9.92. The molecule has 2 fully saturated rings. The molecule has 3 aromatic rings. The van der Waals surface area contributed by atoms with E-state index in [1.807, 2.05) is 49.3 Å². The molecule has 238 valence electrons. The van der Waals surface area contributed by atoms with Crippen molar-refractivity contribution in [3.63, 3.8) is 0 Å². The van der Waals surface area contributed by atoms with Gasteiger partial charge in [0, 0.05) is 44.3 Å². The molecule has 2 saturated heterocycles. The number of carbonyl (C=O) groups excluding carboxylic acids is 2. The highest BCUT2D eigenvalue weighted by Gasteiger charge is 2.42. The van der Waals surface area contributed by atoms with Crippen LogP contribution in [-0.4, -0.2) is 88.9 Å². The lowest BCUT2D eigenvalue weighted by molar-refractivity contribution is -0.137. The van der Waals surface area contributed by atoms with Crippen molar-refractivity contribution >= 4 is 28.5 Å². The van der Waals surface area contributed by atoms with Crippen molar-refractivity contribution in [2.45, 2.75) is 64.7 Å². The molecule has 10 nitrogen and oxygen atoms in total. The van der Waals surface area contributed by atoms with Gasteiger partial charge in [-0.1, -0.05) is 45.0 Å². The maximum absolute atomic E-state index is 15.1. The number of likely N-dealkylation sites (tertiary alicyclic amines) is 1. The summed E-state index contributed by atoms with van der Waals surface area (Å²) >= 11 is 0.